The lowest BCUT2D eigenvalue weighted by Gasteiger charge is -2.39. The Bertz CT molecular complexity index is 1210. The molecule has 1 unspecified atom stereocenters. The molecule has 1 aliphatic heterocycles. The highest BCUT2D eigenvalue weighted by molar-refractivity contribution is 6.00. The Morgan fingerprint density at radius 2 is 1.91 bits per heavy atom. The summed E-state index contributed by atoms with van der Waals surface area (Å²) >= 11 is 0. The number of rotatable bonds is 5. The van der Waals surface area contributed by atoms with Gasteiger partial charge in [-0.1, -0.05) is 18.2 Å². The Labute approximate surface area is 191 Å². The third-order valence-electron chi connectivity index (χ3n) is 5.91. The van der Waals surface area contributed by atoms with Gasteiger partial charge in [-0.15, -0.1) is 0 Å². The Kier molecular flexibility index (Phi) is 6.05. The van der Waals surface area contributed by atoms with Gasteiger partial charge in [-0.2, -0.15) is 5.26 Å². The number of Topliss-reactive ketones (excluding diaryl/α,β-unsaturated/α-hetero) is 1. The molecule has 4 rings (SSSR count). The van der Waals surface area contributed by atoms with Crippen LogP contribution in [0.15, 0.2) is 71.2 Å². The number of allylic oxidation sites excluding steroid dienone is 3. The highest BCUT2D eigenvalue weighted by atomic mass is 16.5. The van der Waals surface area contributed by atoms with Crippen LogP contribution >= 0.6 is 0 Å². The van der Waals surface area contributed by atoms with E-state index < -0.39 is 11.8 Å². The monoisotopic (exact) mass is 444 g/mol. The van der Waals surface area contributed by atoms with Gasteiger partial charge in [0, 0.05) is 28.8 Å². The zero-order valence-corrected chi connectivity index (χ0v) is 18.4. The van der Waals surface area contributed by atoms with Gasteiger partial charge in [0.1, 0.15) is 17.3 Å². The average Bonchev–Trinajstić information content (AvgIpc) is 2.85. The van der Waals surface area contributed by atoms with Crippen molar-refractivity contribution in [1.82, 2.24) is 10.4 Å². The van der Waals surface area contributed by atoms with Crippen molar-refractivity contribution in [3.8, 4) is 17.6 Å². The van der Waals surface area contributed by atoms with Gasteiger partial charge in [0.2, 0.25) is 0 Å². The Hall–Kier alpha value is -4.25. The molecule has 0 spiro atoms. The molecule has 1 atom stereocenters. The Morgan fingerprint density at radius 1 is 1.15 bits per heavy atom. The smallest absolute Gasteiger partial charge is 0.270 e. The average molecular weight is 444 g/mol. The van der Waals surface area contributed by atoms with Crippen molar-refractivity contribution in [2.45, 2.75) is 25.2 Å². The van der Waals surface area contributed by atoms with E-state index in [0.29, 0.717) is 53.2 Å². The molecule has 1 amide bonds. The van der Waals surface area contributed by atoms with Crippen molar-refractivity contribution < 1.29 is 19.1 Å². The fraction of sp³-hybridized carbons (Fsp3) is 0.240. The van der Waals surface area contributed by atoms with E-state index in [-0.39, 0.29) is 17.2 Å². The summed E-state index contributed by atoms with van der Waals surface area (Å²) in [6, 6.07) is 16.1. The van der Waals surface area contributed by atoms with Crippen LogP contribution in [0.1, 0.15) is 41.1 Å². The number of nitrogens with two attached hydrogens (primary N) is 1. The van der Waals surface area contributed by atoms with Gasteiger partial charge in [-0.3, -0.25) is 15.0 Å². The van der Waals surface area contributed by atoms with E-state index in [1.807, 2.05) is 6.07 Å². The highest BCUT2D eigenvalue weighted by Gasteiger charge is 2.41. The number of carbonyl (C=O) groups excluding carboxylic acids is 2. The number of benzene rings is 2. The second kappa shape index (κ2) is 9.09. The molecule has 2 aromatic carbocycles. The van der Waals surface area contributed by atoms with Crippen molar-refractivity contribution in [3.63, 3.8) is 0 Å². The van der Waals surface area contributed by atoms with Gasteiger partial charge in [0.05, 0.1) is 31.8 Å². The van der Waals surface area contributed by atoms with Crippen molar-refractivity contribution in [2.24, 2.45) is 5.73 Å². The number of hydrogen-bond donors (Lipinski definition) is 2. The molecule has 8 nitrogen and oxygen atoms in total. The van der Waals surface area contributed by atoms with Crippen LogP contribution in [-0.4, -0.2) is 30.9 Å². The molecule has 168 valence electrons. The maximum atomic E-state index is 13.2. The van der Waals surface area contributed by atoms with Crippen LogP contribution in [0.2, 0.25) is 0 Å². The molecule has 3 N–H and O–H groups in total. The molecule has 0 radical (unpaired) electrons. The Morgan fingerprint density at radius 3 is 2.58 bits per heavy atom. The van der Waals surface area contributed by atoms with Gasteiger partial charge >= 0.3 is 0 Å². The van der Waals surface area contributed by atoms with E-state index in [1.165, 1.54) is 12.1 Å². The molecule has 0 saturated heterocycles. The molecule has 2 aromatic rings. The third kappa shape index (κ3) is 3.89. The molecule has 8 heteroatoms. The molecule has 0 saturated carbocycles. The molecule has 2 aliphatic rings. The van der Waals surface area contributed by atoms with E-state index in [1.54, 1.807) is 49.6 Å². The number of amides is 1. The number of hydrazine groups is 1. The van der Waals surface area contributed by atoms with Crippen molar-refractivity contribution in [3.05, 3.63) is 82.3 Å². The number of ether oxygens (including phenoxy) is 2. The Balaban J connectivity index is 1.87. The minimum atomic E-state index is -0.729. The standard InChI is InChI=1S/C25H24N4O4/c1-32-16-11-12-21(33-2)17(13-16)22-18(14-26)24(27)29(19-9-6-10-20(30)23(19)22)28-25(31)15-7-4-3-5-8-15/h3-5,7-8,11-13,22H,6,9-10,27H2,1-2H3,(H,28,31). The van der Waals surface area contributed by atoms with Crippen LogP contribution in [0.5, 0.6) is 11.5 Å². The van der Waals surface area contributed by atoms with Gasteiger partial charge in [0.15, 0.2) is 5.78 Å². The summed E-state index contributed by atoms with van der Waals surface area (Å²) in [7, 11) is 3.07. The minimum Gasteiger partial charge on any atom is -0.497 e. The third-order valence-corrected chi connectivity index (χ3v) is 5.91. The molecular formula is C25H24N4O4. The van der Waals surface area contributed by atoms with Crippen LogP contribution in [0.4, 0.5) is 0 Å². The summed E-state index contributed by atoms with van der Waals surface area (Å²) < 4.78 is 10.9. The van der Waals surface area contributed by atoms with E-state index in [2.05, 4.69) is 11.5 Å². The molecule has 0 bridgehead atoms. The maximum absolute atomic E-state index is 13.2. The number of methoxy groups -OCH3 is 2. The first-order valence-electron chi connectivity index (χ1n) is 10.5. The van der Waals surface area contributed by atoms with E-state index in [0.717, 1.165) is 0 Å². The number of hydrogen-bond acceptors (Lipinski definition) is 7. The SMILES string of the molecule is COc1ccc(OC)c(C2C(C#N)=C(N)N(NC(=O)c3ccccc3)C3=C2C(=O)CCC3)c1. The van der Waals surface area contributed by atoms with Gasteiger partial charge in [0.25, 0.3) is 5.91 Å². The molecule has 1 aliphatic carbocycles. The molecular weight excluding hydrogens is 420 g/mol. The summed E-state index contributed by atoms with van der Waals surface area (Å²) in [5.74, 6) is -0.0680. The summed E-state index contributed by atoms with van der Waals surface area (Å²) in [6.45, 7) is 0. The number of nitrogens with one attached hydrogen (secondary N) is 1. The van der Waals surface area contributed by atoms with Crippen LogP contribution < -0.4 is 20.6 Å². The first-order valence-corrected chi connectivity index (χ1v) is 10.5. The topological polar surface area (TPSA) is 118 Å². The van der Waals surface area contributed by atoms with E-state index >= 15 is 0 Å². The fourth-order valence-corrected chi connectivity index (χ4v) is 4.35. The summed E-state index contributed by atoms with van der Waals surface area (Å²) in [5.41, 5.74) is 11.5. The first kappa shape index (κ1) is 22.0. The molecule has 0 fully saturated rings. The lowest BCUT2D eigenvalue weighted by molar-refractivity contribution is -0.116. The normalized spacial score (nSPS) is 17.9. The van der Waals surface area contributed by atoms with Crippen LogP contribution in [0, 0.1) is 11.3 Å². The summed E-state index contributed by atoms with van der Waals surface area (Å²) in [6.07, 6.45) is 1.49. The second-order valence-electron chi connectivity index (χ2n) is 7.73. The highest BCUT2D eigenvalue weighted by Crippen LogP contribution is 2.47. The summed E-state index contributed by atoms with van der Waals surface area (Å²) in [5, 5.41) is 11.5. The molecule has 33 heavy (non-hydrogen) atoms. The minimum absolute atomic E-state index is 0.0742. The predicted molar refractivity (Wildman–Crippen MR) is 121 cm³/mol. The zero-order chi connectivity index (χ0) is 23.5. The lowest BCUT2D eigenvalue weighted by Crippen LogP contribution is -2.48. The van der Waals surface area contributed by atoms with E-state index in [9.17, 15) is 14.9 Å². The zero-order valence-electron chi connectivity index (χ0n) is 18.4. The lowest BCUT2D eigenvalue weighted by atomic mass is 9.75. The van der Waals surface area contributed by atoms with Gasteiger partial charge < -0.3 is 15.2 Å². The molecule has 0 aromatic heterocycles. The fourth-order valence-electron chi connectivity index (χ4n) is 4.35. The summed E-state index contributed by atoms with van der Waals surface area (Å²) in [4.78, 5) is 26.1. The quantitative estimate of drug-likeness (QED) is 0.727. The maximum Gasteiger partial charge on any atom is 0.270 e. The van der Waals surface area contributed by atoms with Crippen molar-refractivity contribution >= 4 is 11.7 Å². The van der Waals surface area contributed by atoms with E-state index in [4.69, 9.17) is 15.2 Å². The van der Waals surface area contributed by atoms with Crippen molar-refractivity contribution in [1.29, 1.82) is 5.26 Å². The number of nitriles is 1. The number of ketones is 1. The largest absolute Gasteiger partial charge is 0.497 e. The first-order chi connectivity index (χ1) is 16.0. The van der Waals surface area contributed by atoms with Crippen LogP contribution in [0.3, 0.4) is 0 Å². The predicted octanol–water partition coefficient (Wildman–Crippen LogP) is 3.15. The molecule has 1 heterocycles. The second-order valence-corrected chi connectivity index (χ2v) is 7.73. The number of nitrogens with zero attached hydrogens (tertiary/aromatic N) is 2. The van der Waals surface area contributed by atoms with Gasteiger partial charge in [-0.05, 0) is 43.2 Å². The van der Waals surface area contributed by atoms with Crippen LogP contribution in [0.25, 0.3) is 0 Å². The van der Waals surface area contributed by atoms with Crippen molar-refractivity contribution in [2.75, 3.05) is 14.2 Å². The van der Waals surface area contributed by atoms with Crippen LogP contribution in [-0.2, 0) is 4.79 Å². The van der Waals surface area contributed by atoms with Gasteiger partial charge in [-0.25, -0.2) is 5.01 Å². The number of carbonyl (C=O) groups is 2.